The van der Waals surface area contributed by atoms with E-state index in [0.717, 1.165) is 26.1 Å². The van der Waals surface area contributed by atoms with E-state index in [9.17, 15) is 4.79 Å². The van der Waals surface area contributed by atoms with Gasteiger partial charge in [-0.25, -0.2) is 0 Å². The van der Waals surface area contributed by atoms with Crippen LogP contribution in [0.2, 0.25) is 10.0 Å². The van der Waals surface area contributed by atoms with E-state index in [2.05, 4.69) is 22.5 Å². The maximum atomic E-state index is 12.2. The molecule has 1 aromatic carbocycles. The maximum Gasteiger partial charge on any atom is 0.238 e. The Morgan fingerprint density at radius 3 is 2.55 bits per heavy atom. The number of nitrogens with zero attached hydrogens (tertiary/aromatic N) is 1. The van der Waals surface area contributed by atoms with Crippen LogP contribution in [0.25, 0.3) is 0 Å². The SMILES string of the molecule is CCCN(CC(=O)Nc1c(Cl)cccc1Cl)C1CNC1. The largest absolute Gasteiger partial charge is 0.322 e. The zero-order chi connectivity index (χ0) is 14.5. The predicted octanol–water partition coefficient (Wildman–Crippen LogP) is 2.62. The molecule has 1 amide bonds. The van der Waals surface area contributed by atoms with E-state index in [0.29, 0.717) is 28.3 Å². The van der Waals surface area contributed by atoms with Gasteiger partial charge in [-0.3, -0.25) is 9.69 Å². The number of carbonyl (C=O) groups is 1. The van der Waals surface area contributed by atoms with Crippen LogP contribution < -0.4 is 10.6 Å². The molecule has 1 saturated heterocycles. The van der Waals surface area contributed by atoms with Crippen LogP contribution in [0.3, 0.4) is 0 Å². The van der Waals surface area contributed by atoms with Gasteiger partial charge in [0.05, 0.1) is 22.3 Å². The highest BCUT2D eigenvalue weighted by Gasteiger charge is 2.25. The number of para-hydroxylation sites is 1. The Kier molecular flexibility index (Phi) is 5.66. The number of hydrogen-bond donors (Lipinski definition) is 2. The van der Waals surface area contributed by atoms with Crippen LogP contribution in [-0.2, 0) is 4.79 Å². The van der Waals surface area contributed by atoms with E-state index >= 15 is 0 Å². The quantitative estimate of drug-likeness (QED) is 0.848. The molecule has 6 heteroatoms. The number of hydrogen-bond acceptors (Lipinski definition) is 3. The van der Waals surface area contributed by atoms with Gasteiger partial charge in [0.2, 0.25) is 5.91 Å². The molecule has 0 spiro atoms. The smallest absolute Gasteiger partial charge is 0.238 e. The molecule has 0 saturated carbocycles. The summed E-state index contributed by atoms with van der Waals surface area (Å²) in [4.78, 5) is 14.3. The fourth-order valence-corrected chi connectivity index (χ4v) is 2.68. The Morgan fingerprint density at radius 2 is 2.05 bits per heavy atom. The fraction of sp³-hybridized carbons (Fsp3) is 0.500. The van der Waals surface area contributed by atoms with Crippen LogP contribution in [0.4, 0.5) is 5.69 Å². The number of rotatable bonds is 6. The van der Waals surface area contributed by atoms with Crippen molar-refractivity contribution in [1.29, 1.82) is 0 Å². The second-order valence-corrected chi connectivity index (χ2v) is 5.74. The molecule has 1 aliphatic rings. The van der Waals surface area contributed by atoms with Crippen LogP contribution in [0.15, 0.2) is 18.2 Å². The molecule has 1 aromatic rings. The maximum absolute atomic E-state index is 12.2. The van der Waals surface area contributed by atoms with Crippen molar-refractivity contribution in [2.45, 2.75) is 19.4 Å². The van der Waals surface area contributed by atoms with Crippen LogP contribution in [0.5, 0.6) is 0 Å². The highest BCUT2D eigenvalue weighted by atomic mass is 35.5. The first-order valence-corrected chi connectivity index (χ1v) is 7.56. The zero-order valence-corrected chi connectivity index (χ0v) is 13.0. The number of anilines is 1. The topological polar surface area (TPSA) is 44.4 Å². The molecule has 0 atom stereocenters. The summed E-state index contributed by atoms with van der Waals surface area (Å²) >= 11 is 12.1. The lowest BCUT2D eigenvalue weighted by atomic mass is 10.1. The van der Waals surface area contributed by atoms with Gasteiger partial charge in [-0.15, -0.1) is 0 Å². The van der Waals surface area contributed by atoms with Crippen LogP contribution in [0, 0.1) is 0 Å². The van der Waals surface area contributed by atoms with Crippen molar-refractivity contribution in [2.24, 2.45) is 0 Å². The molecule has 4 nitrogen and oxygen atoms in total. The number of carbonyl (C=O) groups excluding carboxylic acids is 1. The molecule has 0 bridgehead atoms. The van der Waals surface area contributed by atoms with Crippen molar-refractivity contribution in [3.8, 4) is 0 Å². The van der Waals surface area contributed by atoms with Gasteiger partial charge >= 0.3 is 0 Å². The minimum absolute atomic E-state index is 0.0830. The Balaban J connectivity index is 1.96. The Hall–Kier alpha value is -0.810. The molecule has 0 unspecified atom stereocenters. The van der Waals surface area contributed by atoms with Crippen LogP contribution in [0.1, 0.15) is 13.3 Å². The molecule has 0 aliphatic carbocycles. The van der Waals surface area contributed by atoms with E-state index < -0.39 is 0 Å². The van der Waals surface area contributed by atoms with Crippen molar-refractivity contribution in [3.63, 3.8) is 0 Å². The third kappa shape index (κ3) is 3.85. The van der Waals surface area contributed by atoms with Gasteiger partial charge in [0.25, 0.3) is 0 Å². The second-order valence-electron chi connectivity index (χ2n) is 4.93. The first kappa shape index (κ1) is 15.6. The number of halogens is 2. The van der Waals surface area contributed by atoms with Gasteiger partial charge in [0.15, 0.2) is 0 Å². The Bertz CT molecular complexity index is 457. The predicted molar refractivity (Wildman–Crippen MR) is 83.6 cm³/mol. The van der Waals surface area contributed by atoms with Crippen molar-refractivity contribution in [3.05, 3.63) is 28.2 Å². The van der Waals surface area contributed by atoms with Gasteiger partial charge in [0.1, 0.15) is 0 Å². The molecule has 1 fully saturated rings. The van der Waals surface area contributed by atoms with Crippen LogP contribution in [-0.4, -0.2) is 43.0 Å². The summed E-state index contributed by atoms with van der Waals surface area (Å²) in [7, 11) is 0. The first-order chi connectivity index (χ1) is 9.61. The highest BCUT2D eigenvalue weighted by Crippen LogP contribution is 2.29. The van der Waals surface area contributed by atoms with Gasteiger partial charge in [-0.05, 0) is 25.1 Å². The molecular weight excluding hydrogens is 297 g/mol. The molecule has 1 heterocycles. The summed E-state index contributed by atoms with van der Waals surface area (Å²) in [5.41, 5.74) is 0.490. The molecule has 2 rings (SSSR count). The van der Waals surface area contributed by atoms with E-state index in [1.165, 1.54) is 0 Å². The first-order valence-electron chi connectivity index (χ1n) is 6.80. The monoisotopic (exact) mass is 315 g/mol. The third-order valence-corrected chi connectivity index (χ3v) is 3.99. The lowest BCUT2D eigenvalue weighted by molar-refractivity contribution is -0.118. The fourth-order valence-electron chi connectivity index (χ4n) is 2.19. The molecule has 2 N–H and O–H groups in total. The molecule has 0 radical (unpaired) electrons. The Morgan fingerprint density at radius 1 is 1.40 bits per heavy atom. The number of amides is 1. The standard InChI is InChI=1S/C14H19Cl2N3O/c1-2-6-19(10-7-17-8-10)9-13(20)18-14-11(15)4-3-5-12(14)16/h3-5,10,17H,2,6-9H2,1H3,(H,18,20). The van der Waals surface area contributed by atoms with Gasteiger partial charge in [-0.1, -0.05) is 36.2 Å². The van der Waals surface area contributed by atoms with E-state index in [-0.39, 0.29) is 5.91 Å². The van der Waals surface area contributed by atoms with Crippen molar-refractivity contribution in [1.82, 2.24) is 10.2 Å². The minimum Gasteiger partial charge on any atom is -0.322 e. The highest BCUT2D eigenvalue weighted by molar-refractivity contribution is 6.39. The molecule has 0 aromatic heterocycles. The lowest BCUT2D eigenvalue weighted by Gasteiger charge is -2.37. The van der Waals surface area contributed by atoms with Crippen molar-refractivity contribution < 1.29 is 4.79 Å². The Labute approximate surface area is 129 Å². The summed E-state index contributed by atoms with van der Waals surface area (Å²) in [6.45, 7) is 5.28. The van der Waals surface area contributed by atoms with Gasteiger partial charge < -0.3 is 10.6 Å². The summed E-state index contributed by atoms with van der Waals surface area (Å²) in [5.74, 6) is -0.0830. The average molecular weight is 316 g/mol. The van der Waals surface area contributed by atoms with Crippen molar-refractivity contribution in [2.75, 3.05) is 31.5 Å². The van der Waals surface area contributed by atoms with Gasteiger partial charge in [-0.2, -0.15) is 0 Å². The lowest BCUT2D eigenvalue weighted by Crippen LogP contribution is -2.58. The third-order valence-electron chi connectivity index (χ3n) is 3.36. The van der Waals surface area contributed by atoms with E-state index in [4.69, 9.17) is 23.2 Å². The summed E-state index contributed by atoms with van der Waals surface area (Å²) in [6, 6.07) is 5.62. The molecule has 1 aliphatic heterocycles. The number of benzene rings is 1. The normalized spacial score (nSPS) is 15.2. The molecule has 110 valence electrons. The summed E-state index contributed by atoms with van der Waals surface area (Å²) < 4.78 is 0. The molecule has 20 heavy (non-hydrogen) atoms. The molecular formula is C14H19Cl2N3O. The van der Waals surface area contributed by atoms with Crippen LogP contribution >= 0.6 is 23.2 Å². The number of nitrogens with one attached hydrogen (secondary N) is 2. The summed E-state index contributed by atoms with van der Waals surface area (Å²) in [5, 5.41) is 6.94. The average Bonchev–Trinajstić information content (AvgIpc) is 2.32. The second kappa shape index (κ2) is 7.27. The van der Waals surface area contributed by atoms with Crippen molar-refractivity contribution >= 4 is 34.8 Å². The van der Waals surface area contributed by atoms with E-state index in [1.807, 2.05) is 0 Å². The van der Waals surface area contributed by atoms with Gasteiger partial charge in [0, 0.05) is 19.1 Å². The summed E-state index contributed by atoms with van der Waals surface area (Å²) in [6.07, 6.45) is 1.02. The zero-order valence-electron chi connectivity index (χ0n) is 11.5. The van der Waals surface area contributed by atoms with E-state index in [1.54, 1.807) is 18.2 Å². The minimum atomic E-state index is -0.0830.